The molecular formula is C9H16N2O3S. The van der Waals surface area contributed by atoms with Gasteiger partial charge in [-0.2, -0.15) is 0 Å². The predicted molar refractivity (Wildman–Crippen MR) is 60.1 cm³/mol. The maximum absolute atomic E-state index is 10.3. The van der Waals surface area contributed by atoms with Crippen molar-refractivity contribution in [2.45, 2.75) is 6.92 Å². The zero-order chi connectivity index (χ0) is 11.3. The normalized spacial score (nSPS) is 26.7. The highest BCUT2D eigenvalue weighted by molar-refractivity contribution is 8.02. The Hall–Kier alpha value is -0.750. The third-order valence-corrected chi connectivity index (χ3v) is 3.19. The van der Waals surface area contributed by atoms with Crippen molar-refractivity contribution in [1.29, 1.82) is 0 Å². The van der Waals surface area contributed by atoms with E-state index in [9.17, 15) is 10.1 Å². The van der Waals surface area contributed by atoms with Crippen LogP contribution >= 0.6 is 11.8 Å². The van der Waals surface area contributed by atoms with Gasteiger partial charge in [0.1, 0.15) is 5.03 Å². The van der Waals surface area contributed by atoms with E-state index < -0.39 is 4.92 Å². The van der Waals surface area contributed by atoms with Crippen LogP contribution in [0.5, 0.6) is 0 Å². The molecule has 0 radical (unpaired) electrons. The second kappa shape index (κ2) is 5.97. The first kappa shape index (κ1) is 12.3. The first-order valence-electron chi connectivity index (χ1n) is 4.84. The molecule has 1 fully saturated rings. The van der Waals surface area contributed by atoms with E-state index in [1.165, 1.54) is 11.8 Å². The second-order valence-electron chi connectivity index (χ2n) is 3.64. The van der Waals surface area contributed by atoms with Gasteiger partial charge in [0.2, 0.25) is 0 Å². The number of ether oxygens (including phenoxy) is 1. The Morgan fingerprint density at radius 2 is 2.47 bits per heavy atom. The third kappa shape index (κ3) is 4.09. The van der Waals surface area contributed by atoms with Crippen LogP contribution in [0.3, 0.4) is 0 Å². The molecule has 1 aliphatic heterocycles. The van der Waals surface area contributed by atoms with Gasteiger partial charge in [0.15, 0.2) is 0 Å². The predicted octanol–water partition coefficient (Wildman–Crippen LogP) is 1.30. The van der Waals surface area contributed by atoms with E-state index in [1.54, 1.807) is 0 Å². The van der Waals surface area contributed by atoms with Gasteiger partial charge in [0.25, 0.3) is 6.20 Å². The highest BCUT2D eigenvalue weighted by Gasteiger charge is 2.24. The van der Waals surface area contributed by atoms with Crippen LogP contribution in [0, 0.1) is 22.0 Å². The Bertz CT molecular complexity index is 258. The van der Waals surface area contributed by atoms with Gasteiger partial charge in [0.05, 0.1) is 11.5 Å². The Morgan fingerprint density at radius 3 is 2.93 bits per heavy atom. The minimum absolute atomic E-state index is 0.437. The number of hydrogen-bond donors (Lipinski definition) is 1. The molecule has 86 valence electrons. The van der Waals surface area contributed by atoms with E-state index in [0.29, 0.717) is 16.9 Å². The van der Waals surface area contributed by atoms with Crippen LogP contribution in [0.4, 0.5) is 0 Å². The van der Waals surface area contributed by atoms with Crippen molar-refractivity contribution in [3.8, 4) is 0 Å². The molecular weight excluding hydrogens is 216 g/mol. The highest BCUT2D eigenvalue weighted by Crippen LogP contribution is 2.20. The van der Waals surface area contributed by atoms with Crippen LogP contribution in [0.1, 0.15) is 6.92 Å². The first-order valence-corrected chi connectivity index (χ1v) is 6.07. The maximum Gasteiger partial charge on any atom is 0.263 e. The Labute approximate surface area is 93.4 Å². The smallest absolute Gasteiger partial charge is 0.263 e. The molecule has 1 N–H and O–H groups in total. The largest absolute Gasteiger partial charge is 0.381 e. The van der Waals surface area contributed by atoms with Crippen molar-refractivity contribution in [2.24, 2.45) is 11.8 Å². The molecule has 2 unspecified atom stereocenters. The van der Waals surface area contributed by atoms with Crippen molar-refractivity contribution in [3.63, 3.8) is 0 Å². The summed E-state index contributed by atoms with van der Waals surface area (Å²) in [5, 5.41) is 14.0. The summed E-state index contributed by atoms with van der Waals surface area (Å²) in [7, 11) is 0. The molecule has 1 rings (SSSR count). The minimum atomic E-state index is -0.437. The van der Waals surface area contributed by atoms with E-state index >= 15 is 0 Å². The summed E-state index contributed by atoms with van der Waals surface area (Å²) in [6.07, 6.45) is 2.82. The quantitative estimate of drug-likeness (QED) is 0.571. The van der Waals surface area contributed by atoms with Crippen molar-refractivity contribution < 1.29 is 9.66 Å². The third-order valence-electron chi connectivity index (χ3n) is 2.50. The van der Waals surface area contributed by atoms with E-state index in [1.807, 2.05) is 6.26 Å². The van der Waals surface area contributed by atoms with Gasteiger partial charge in [-0.15, -0.1) is 11.8 Å². The summed E-state index contributed by atoms with van der Waals surface area (Å²) in [5.74, 6) is 0.975. The van der Waals surface area contributed by atoms with Gasteiger partial charge in [-0.25, -0.2) is 0 Å². The number of thioether (sulfide) groups is 1. The van der Waals surface area contributed by atoms with E-state index in [0.717, 1.165) is 26.0 Å². The lowest BCUT2D eigenvalue weighted by atomic mass is 9.98. The molecule has 6 heteroatoms. The Kier molecular flexibility index (Phi) is 4.90. The summed E-state index contributed by atoms with van der Waals surface area (Å²) >= 11 is 1.35. The summed E-state index contributed by atoms with van der Waals surface area (Å²) < 4.78 is 5.32. The molecule has 15 heavy (non-hydrogen) atoms. The fourth-order valence-electron chi connectivity index (χ4n) is 1.46. The summed E-state index contributed by atoms with van der Waals surface area (Å²) in [4.78, 5) is 9.84. The molecule has 0 amide bonds. The maximum atomic E-state index is 10.3. The lowest BCUT2D eigenvalue weighted by Gasteiger charge is -2.14. The minimum Gasteiger partial charge on any atom is -0.381 e. The van der Waals surface area contributed by atoms with Crippen molar-refractivity contribution in [1.82, 2.24) is 5.32 Å². The van der Waals surface area contributed by atoms with E-state index in [2.05, 4.69) is 12.2 Å². The molecule has 0 aliphatic carbocycles. The topological polar surface area (TPSA) is 64.4 Å². The Balaban J connectivity index is 2.37. The van der Waals surface area contributed by atoms with Gasteiger partial charge >= 0.3 is 0 Å². The Morgan fingerprint density at radius 1 is 1.73 bits per heavy atom. The average molecular weight is 232 g/mol. The van der Waals surface area contributed by atoms with Gasteiger partial charge in [-0.05, 0) is 12.2 Å². The van der Waals surface area contributed by atoms with Gasteiger partial charge < -0.3 is 10.1 Å². The molecule has 1 heterocycles. The van der Waals surface area contributed by atoms with Crippen molar-refractivity contribution >= 4 is 11.8 Å². The summed E-state index contributed by atoms with van der Waals surface area (Å²) in [6.45, 7) is 4.41. The van der Waals surface area contributed by atoms with Crippen molar-refractivity contribution in [3.05, 3.63) is 21.3 Å². The molecule has 5 nitrogen and oxygen atoms in total. The van der Waals surface area contributed by atoms with Crippen LogP contribution in [0.15, 0.2) is 11.2 Å². The van der Waals surface area contributed by atoms with Gasteiger partial charge in [-0.1, -0.05) is 6.92 Å². The number of nitrogens with one attached hydrogen (secondary N) is 1. The van der Waals surface area contributed by atoms with E-state index in [-0.39, 0.29) is 0 Å². The van der Waals surface area contributed by atoms with Crippen LogP contribution in [0.2, 0.25) is 0 Å². The van der Waals surface area contributed by atoms with Crippen LogP contribution in [0.25, 0.3) is 0 Å². The molecule has 0 aromatic rings. The lowest BCUT2D eigenvalue weighted by Crippen LogP contribution is -2.25. The highest BCUT2D eigenvalue weighted by atomic mass is 32.2. The van der Waals surface area contributed by atoms with Crippen LogP contribution < -0.4 is 5.32 Å². The summed E-state index contributed by atoms with van der Waals surface area (Å²) in [6, 6.07) is 0. The fourth-order valence-corrected chi connectivity index (χ4v) is 1.88. The number of nitrogens with zero attached hydrogens (tertiary/aromatic N) is 1. The van der Waals surface area contributed by atoms with Gasteiger partial charge in [0, 0.05) is 19.1 Å². The van der Waals surface area contributed by atoms with Gasteiger partial charge in [-0.3, -0.25) is 10.1 Å². The molecule has 1 saturated heterocycles. The first-order chi connectivity index (χ1) is 7.13. The molecule has 0 aromatic heterocycles. The molecule has 0 saturated carbocycles. The van der Waals surface area contributed by atoms with Crippen molar-refractivity contribution in [2.75, 3.05) is 26.0 Å². The lowest BCUT2D eigenvalue weighted by molar-refractivity contribution is -0.403. The number of nitro groups is 1. The monoisotopic (exact) mass is 232 g/mol. The number of rotatable bonds is 5. The molecule has 0 aromatic carbocycles. The standard InChI is InChI=1S/C9H16N2O3S/c1-7-5-14-6-8(7)3-10-9(15-2)4-11(12)13/h4,7-8,10H,3,5-6H2,1-2H3. The summed E-state index contributed by atoms with van der Waals surface area (Å²) in [5.41, 5.74) is 0. The van der Waals surface area contributed by atoms with Crippen LogP contribution in [-0.2, 0) is 4.74 Å². The number of hydrogen-bond acceptors (Lipinski definition) is 5. The molecule has 1 aliphatic rings. The fraction of sp³-hybridized carbons (Fsp3) is 0.778. The van der Waals surface area contributed by atoms with E-state index in [4.69, 9.17) is 4.74 Å². The second-order valence-corrected chi connectivity index (χ2v) is 4.49. The zero-order valence-corrected chi connectivity index (χ0v) is 9.75. The molecule has 0 bridgehead atoms. The SMILES string of the molecule is CSC(=C[N+](=O)[O-])NCC1COCC1C. The zero-order valence-electron chi connectivity index (χ0n) is 8.93. The molecule has 2 atom stereocenters. The molecule has 0 spiro atoms. The van der Waals surface area contributed by atoms with Crippen LogP contribution in [-0.4, -0.2) is 30.9 Å². The average Bonchev–Trinajstić information content (AvgIpc) is 2.58.